The van der Waals surface area contributed by atoms with E-state index in [0.29, 0.717) is 0 Å². The summed E-state index contributed by atoms with van der Waals surface area (Å²) in [5, 5.41) is 7.82. The summed E-state index contributed by atoms with van der Waals surface area (Å²) in [6.45, 7) is 14.7. The quantitative estimate of drug-likeness (QED) is 0.156. The summed E-state index contributed by atoms with van der Waals surface area (Å²) in [5.74, 6) is 0. The van der Waals surface area contributed by atoms with Crippen LogP contribution >= 0.6 is 0 Å². The Hall–Kier alpha value is -7.02. The van der Waals surface area contributed by atoms with E-state index < -0.39 is 0 Å². The lowest BCUT2D eigenvalue weighted by Crippen LogP contribution is -2.24. The van der Waals surface area contributed by atoms with Crippen LogP contribution in [-0.2, 0) is 16.2 Å². The molecule has 0 spiro atoms. The molecule has 300 valence electrons. The van der Waals surface area contributed by atoms with Crippen LogP contribution in [0.5, 0.6) is 0 Å². The average Bonchev–Trinajstić information content (AvgIpc) is 3.80. The molecular formula is C63H48. The highest BCUT2D eigenvalue weighted by molar-refractivity contribution is 6.21. The summed E-state index contributed by atoms with van der Waals surface area (Å²) in [6, 6.07) is 69.1. The Labute approximate surface area is 370 Å². The summed E-state index contributed by atoms with van der Waals surface area (Å²) in [7, 11) is 0. The molecule has 0 atom stereocenters. The first-order chi connectivity index (χ1) is 30.5. The van der Waals surface area contributed by atoms with Gasteiger partial charge in [-0.05, 0) is 145 Å². The molecular weight excluding hydrogens is 757 g/mol. The Bertz CT molecular complexity index is 3570. The van der Waals surface area contributed by atoms with Gasteiger partial charge in [0.25, 0.3) is 0 Å². The van der Waals surface area contributed by atoms with Crippen molar-refractivity contribution in [3.05, 3.63) is 215 Å². The Balaban J connectivity index is 0.955. The second-order valence-corrected chi connectivity index (χ2v) is 20.0. The van der Waals surface area contributed by atoms with Gasteiger partial charge in [0.2, 0.25) is 0 Å². The van der Waals surface area contributed by atoms with Crippen LogP contribution in [0, 0.1) is 0 Å². The zero-order valence-corrected chi connectivity index (χ0v) is 36.8. The van der Waals surface area contributed by atoms with Gasteiger partial charge in [0.05, 0.1) is 0 Å². The number of hydrogen-bond acceptors (Lipinski definition) is 0. The lowest BCUT2D eigenvalue weighted by atomic mass is 9.71. The minimum atomic E-state index is -0.200. The summed E-state index contributed by atoms with van der Waals surface area (Å²) >= 11 is 0. The fraction of sp³-hybridized carbons (Fsp3) is 0.143. The molecule has 10 aromatic rings. The van der Waals surface area contributed by atoms with Gasteiger partial charge in [-0.2, -0.15) is 0 Å². The van der Waals surface area contributed by atoms with Gasteiger partial charge in [-0.15, -0.1) is 0 Å². The molecule has 3 aliphatic rings. The van der Waals surface area contributed by atoms with Crippen molar-refractivity contribution in [3.63, 3.8) is 0 Å². The lowest BCUT2D eigenvalue weighted by molar-refractivity contribution is 0.602. The Kier molecular flexibility index (Phi) is 7.29. The molecule has 0 fully saturated rings. The molecule has 0 radical (unpaired) electrons. The van der Waals surface area contributed by atoms with Crippen molar-refractivity contribution >= 4 is 32.3 Å². The minimum Gasteiger partial charge on any atom is -0.0622 e. The van der Waals surface area contributed by atoms with Crippen molar-refractivity contribution in [1.29, 1.82) is 0 Å². The van der Waals surface area contributed by atoms with Crippen LogP contribution < -0.4 is 0 Å². The first kappa shape index (κ1) is 36.6. The predicted molar refractivity (Wildman–Crippen MR) is 268 cm³/mol. The van der Waals surface area contributed by atoms with Crippen LogP contribution in [0.3, 0.4) is 0 Å². The number of fused-ring (bicyclic) bond motifs is 14. The van der Waals surface area contributed by atoms with E-state index in [9.17, 15) is 0 Å². The number of benzene rings is 10. The molecule has 0 N–H and O–H groups in total. The van der Waals surface area contributed by atoms with Crippen LogP contribution in [0.25, 0.3) is 99.1 Å². The standard InChI is InChI=1S/C63H48/c1-61(2)52-33-29-39(42-25-16-26-48-49-31-32-50-57-41-20-11-10-17-37(41)28-34-53(57)62(3,4)60(50)59(49)63(5,6)58(42)48)35-51(52)43-30-27-40(36-54(43)61)56-46-23-14-12-21-44(46)55(38-18-8-7-9-19-38)45-22-13-15-24-47(45)56/h7-36H,1-6H3. The second kappa shape index (κ2) is 12.6. The highest BCUT2D eigenvalue weighted by atomic mass is 14.5. The zero-order valence-electron chi connectivity index (χ0n) is 36.8. The Morgan fingerprint density at radius 2 is 0.794 bits per heavy atom. The highest BCUT2D eigenvalue weighted by Gasteiger charge is 2.47. The fourth-order valence-corrected chi connectivity index (χ4v) is 12.8. The average molecular weight is 805 g/mol. The maximum Gasteiger partial charge on any atom is 0.0168 e. The van der Waals surface area contributed by atoms with E-state index in [4.69, 9.17) is 0 Å². The first-order valence-electron chi connectivity index (χ1n) is 22.7. The van der Waals surface area contributed by atoms with Gasteiger partial charge in [0.1, 0.15) is 0 Å². The van der Waals surface area contributed by atoms with Gasteiger partial charge in [-0.25, -0.2) is 0 Å². The third-order valence-electron chi connectivity index (χ3n) is 15.6. The molecule has 0 nitrogen and oxygen atoms in total. The van der Waals surface area contributed by atoms with Crippen molar-refractivity contribution in [2.75, 3.05) is 0 Å². The maximum atomic E-state index is 2.51. The second-order valence-electron chi connectivity index (χ2n) is 20.0. The van der Waals surface area contributed by atoms with E-state index in [2.05, 4.69) is 224 Å². The van der Waals surface area contributed by atoms with E-state index in [1.165, 1.54) is 132 Å². The van der Waals surface area contributed by atoms with Crippen LogP contribution in [0.4, 0.5) is 0 Å². The molecule has 0 aromatic heterocycles. The van der Waals surface area contributed by atoms with Crippen LogP contribution in [0.2, 0.25) is 0 Å². The van der Waals surface area contributed by atoms with E-state index in [0.717, 1.165) is 0 Å². The largest absolute Gasteiger partial charge is 0.0622 e. The third kappa shape index (κ3) is 4.76. The van der Waals surface area contributed by atoms with E-state index in [1.807, 2.05) is 0 Å². The molecule has 3 aliphatic carbocycles. The van der Waals surface area contributed by atoms with Crippen molar-refractivity contribution in [2.45, 2.75) is 57.8 Å². The molecule has 0 saturated carbocycles. The van der Waals surface area contributed by atoms with Gasteiger partial charge >= 0.3 is 0 Å². The van der Waals surface area contributed by atoms with Crippen LogP contribution in [-0.4, -0.2) is 0 Å². The minimum absolute atomic E-state index is 0.121. The summed E-state index contributed by atoms with van der Waals surface area (Å²) < 4.78 is 0. The molecule has 63 heavy (non-hydrogen) atoms. The van der Waals surface area contributed by atoms with Crippen molar-refractivity contribution < 1.29 is 0 Å². The third-order valence-corrected chi connectivity index (χ3v) is 15.6. The van der Waals surface area contributed by atoms with Gasteiger partial charge in [-0.3, -0.25) is 0 Å². The molecule has 0 heteroatoms. The van der Waals surface area contributed by atoms with Gasteiger partial charge < -0.3 is 0 Å². The summed E-state index contributed by atoms with van der Waals surface area (Å²) in [6.07, 6.45) is 0. The summed E-state index contributed by atoms with van der Waals surface area (Å²) in [5.41, 5.74) is 24.2. The summed E-state index contributed by atoms with van der Waals surface area (Å²) in [4.78, 5) is 0. The van der Waals surface area contributed by atoms with Gasteiger partial charge in [-0.1, -0.05) is 211 Å². The molecule has 0 heterocycles. The van der Waals surface area contributed by atoms with Crippen LogP contribution in [0.1, 0.15) is 74.9 Å². The van der Waals surface area contributed by atoms with Gasteiger partial charge in [0.15, 0.2) is 0 Å². The van der Waals surface area contributed by atoms with E-state index in [-0.39, 0.29) is 16.2 Å². The highest BCUT2D eigenvalue weighted by Crippen LogP contribution is 2.62. The smallest absolute Gasteiger partial charge is 0.0168 e. The molecule has 0 bridgehead atoms. The maximum absolute atomic E-state index is 2.51. The van der Waals surface area contributed by atoms with Crippen LogP contribution in [0.15, 0.2) is 182 Å². The molecule has 0 amide bonds. The topological polar surface area (TPSA) is 0 Å². The van der Waals surface area contributed by atoms with E-state index in [1.54, 1.807) is 0 Å². The van der Waals surface area contributed by atoms with Crippen molar-refractivity contribution in [2.24, 2.45) is 0 Å². The number of hydrogen-bond donors (Lipinski definition) is 0. The zero-order chi connectivity index (χ0) is 42.6. The monoisotopic (exact) mass is 804 g/mol. The number of rotatable bonds is 3. The predicted octanol–water partition coefficient (Wildman–Crippen LogP) is 17.1. The van der Waals surface area contributed by atoms with Gasteiger partial charge in [0, 0.05) is 16.2 Å². The fourth-order valence-electron chi connectivity index (χ4n) is 12.8. The Morgan fingerprint density at radius 3 is 1.51 bits per heavy atom. The molecule has 0 unspecified atom stereocenters. The van der Waals surface area contributed by atoms with Crippen molar-refractivity contribution in [3.8, 4) is 66.8 Å². The SMILES string of the molecule is CC1(C)c2ccc(-c3cccc4c3C(C)(C)c3c-4ccc4c3C(C)(C)c3ccc5ccccc5c3-4)cc2-c2ccc(-c3c4ccccc4c(-c4ccccc4)c4ccccc34)cc21. The van der Waals surface area contributed by atoms with E-state index >= 15 is 0 Å². The lowest BCUT2D eigenvalue weighted by Gasteiger charge is -2.31. The Morgan fingerprint density at radius 1 is 0.254 bits per heavy atom. The molecule has 0 saturated heterocycles. The first-order valence-corrected chi connectivity index (χ1v) is 22.7. The normalized spacial score (nSPS) is 15.5. The molecule has 0 aliphatic heterocycles. The molecule has 13 rings (SSSR count). The van der Waals surface area contributed by atoms with Crippen molar-refractivity contribution in [1.82, 2.24) is 0 Å². The molecule has 10 aromatic carbocycles.